The van der Waals surface area contributed by atoms with Crippen LogP contribution in [-0.4, -0.2) is 6.71 Å². The van der Waals surface area contributed by atoms with E-state index in [9.17, 15) is 0 Å². The van der Waals surface area contributed by atoms with E-state index in [4.69, 9.17) is 0 Å². The maximum atomic E-state index is 2.70. The fraction of sp³-hybridized carbons (Fsp3) is 0.314. The van der Waals surface area contributed by atoms with Gasteiger partial charge in [0.1, 0.15) is 0 Å². The lowest BCUT2D eigenvalue weighted by Crippen LogP contribution is -2.62. The highest BCUT2D eigenvalue weighted by Gasteiger charge is 2.47. The Labute approximate surface area is 444 Å². The van der Waals surface area contributed by atoms with Gasteiger partial charge in [-0.05, 0) is 175 Å². The van der Waals surface area contributed by atoms with E-state index in [1.54, 1.807) is 0 Å². The number of hydrogen-bond donors (Lipinski definition) is 0. The van der Waals surface area contributed by atoms with E-state index in [0.717, 1.165) is 18.5 Å². The molecule has 374 valence electrons. The SMILES string of the molecule is Cc1ccccc1N(c1cc2c3c(c1)N(c1ccc(C(C)(C)C)cc1-c1ccccc1)c1cc4c(cc1B3c1ccc(C(C)(C)C)cc1N2c1cccc(C(C)(C)C)c1)C(C)(C)CCC4(C)C)c1ccccc1C. The molecule has 0 N–H and O–H groups in total. The van der Waals surface area contributed by atoms with Gasteiger partial charge in [-0.1, -0.05) is 193 Å². The summed E-state index contributed by atoms with van der Waals surface area (Å²) in [5, 5.41) is 0. The molecular formula is C70H76BN3. The molecule has 0 atom stereocenters. The first-order chi connectivity index (χ1) is 34.9. The van der Waals surface area contributed by atoms with Gasteiger partial charge in [0.15, 0.2) is 0 Å². The van der Waals surface area contributed by atoms with Gasteiger partial charge in [0.05, 0.1) is 11.4 Å². The molecule has 0 bridgehead atoms. The van der Waals surface area contributed by atoms with Crippen molar-refractivity contribution in [3.63, 3.8) is 0 Å². The van der Waals surface area contributed by atoms with Gasteiger partial charge in [0.2, 0.25) is 0 Å². The van der Waals surface area contributed by atoms with E-state index >= 15 is 0 Å². The molecule has 8 aromatic rings. The van der Waals surface area contributed by atoms with Crippen molar-refractivity contribution in [2.24, 2.45) is 0 Å². The van der Waals surface area contributed by atoms with Crippen molar-refractivity contribution in [3.05, 3.63) is 203 Å². The molecule has 0 fully saturated rings. The Kier molecular flexibility index (Phi) is 11.6. The summed E-state index contributed by atoms with van der Waals surface area (Å²) >= 11 is 0. The molecule has 8 aromatic carbocycles. The molecule has 4 heteroatoms. The second-order valence-corrected chi connectivity index (χ2v) is 26.3. The van der Waals surface area contributed by atoms with Crippen molar-refractivity contribution >= 4 is 74.3 Å². The fourth-order valence-electron chi connectivity index (χ4n) is 12.4. The molecule has 3 nitrogen and oxygen atoms in total. The summed E-state index contributed by atoms with van der Waals surface area (Å²) in [5.41, 5.74) is 26.4. The van der Waals surface area contributed by atoms with Crippen molar-refractivity contribution in [1.82, 2.24) is 0 Å². The van der Waals surface area contributed by atoms with Crippen LogP contribution in [0.15, 0.2) is 164 Å². The van der Waals surface area contributed by atoms with Crippen LogP contribution in [0.25, 0.3) is 11.1 Å². The Morgan fingerprint density at radius 3 is 1.54 bits per heavy atom. The van der Waals surface area contributed by atoms with E-state index < -0.39 is 0 Å². The summed E-state index contributed by atoms with van der Waals surface area (Å²) in [6.07, 6.45) is 2.29. The van der Waals surface area contributed by atoms with Gasteiger partial charge in [-0.15, -0.1) is 0 Å². The number of anilines is 9. The molecule has 0 amide bonds. The zero-order chi connectivity index (χ0) is 52.4. The van der Waals surface area contributed by atoms with Crippen LogP contribution in [-0.2, 0) is 27.1 Å². The van der Waals surface area contributed by atoms with Gasteiger partial charge in [-0.25, -0.2) is 0 Å². The zero-order valence-electron chi connectivity index (χ0n) is 46.9. The van der Waals surface area contributed by atoms with Crippen LogP contribution in [0.1, 0.15) is 142 Å². The predicted molar refractivity (Wildman–Crippen MR) is 321 cm³/mol. The Balaban J connectivity index is 1.35. The summed E-state index contributed by atoms with van der Waals surface area (Å²) in [6, 6.07) is 63.5. The molecule has 0 saturated carbocycles. The minimum Gasteiger partial charge on any atom is -0.311 e. The Bertz CT molecular complexity index is 3460. The minimum absolute atomic E-state index is 0.00931. The lowest BCUT2D eigenvalue weighted by Gasteiger charge is -2.48. The normalized spacial score (nSPS) is 15.5. The molecule has 0 spiro atoms. The topological polar surface area (TPSA) is 9.72 Å². The standard InChI is InChI=1S/C70H76BN3/c1-45-24-19-21-30-58(45)73(59-31-22-20-25-46(59)2)52-41-63-65-64(42-52)74(60-35-33-49(67(6,7)8)39-53(60)47-26-17-16-18-27-47)62-44-55-54(69(12,13)36-37-70(55,14)15)43-57(62)71(65)56-34-32-50(68(9,10)11)40-61(56)72(63)51-29-23-28-48(38-51)66(3,4)5/h16-35,38-44H,36-37H2,1-15H3. The van der Waals surface area contributed by atoms with Gasteiger partial charge in [0, 0.05) is 45.4 Å². The highest BCUT2D eigenvalue weighted by molar-refractivity contribution is 7.00. The Morgan fingerprint density at radius 1 is 0.432 bits per heavy atom. The molecular weight excluding hydrogens is 894 g/mol. The van der Waals surface area contributed by atoms with E-state index in [0.29, 0.717) is 0 Å². The molecule has 2 heterocycles. The minimum atomic E-state index is -0.0727. The fourth-order valence-corrected chi connectivity index (χ4v) is 12.4. The number of fused-ring (bicyclic) bond motifs is 5. The number of benzene rings is 8. The van der Waals surface area contributed by atoms with Crippen LogP contribution in [0, 0.1) is 13.8 Å². The maximum Gasteiger partial charge on any atom is 0.252 e. The lowest BCUT2D eigenvalue weighted by molar-refractivity contribution is 0.332. The predicted octanol–water partition coefficient (Wildman–Crippen LogP) is 17.8. The first-order valence-electron chi connectivity index (χ1n) is 27.3. The first kappa shape index (κ1) is 49.4. The van der Waals surface area contributed by atoms with Crippen LogP contribution in [0.5, 0.6) is 0 Å². The Morgan fingerprint density at radius 2 is 0.946 bits per heavy atom. The van der Waals surface area contributed by atoms with Crippen LogP contribution >= 0.6 is 0 Å². The Hall–Kier alpha value is -6.78. The monoisotopic (exact) mass is 970 g/mol. The van der Waals surface area contributed by atoms with Crippen molar-refractivity contribution in [2.45, 2.75) is 144 Å². The first-order valence-corrected chi connectivity index (χ1v) is 27.3. The van der Waals surface area contributed by atoms with E-state index in [2.05, 4.69) is 282 Å². The molecule has 0 unspecified atom stereocenters. The molecule has 74 heavy (non-hydrogen) atoms. The summed E-state index contributed by atoms with van der Waals surface area (Å²) < 4.78 is 0. The second-order valence-electron chi connectivity index (χ2n) is 26.3. The number of aryl methyl sites for hydroxylation is 2. The summed E-state index contributed by atoms with van der Waals surface area (Å²) in [4.78, 5) is 7.88. The molecule has 1 aliphatic carbocycles. The third-order valence-electron chi connectivity index (χ3n) is 17.0. The smallest absolute Gasteiger partial charge is 0.252 e. The third kappa shape index (κ3) is 8.28. The van der Waals surface area contributed by atoms with Crippen LogP contribution in [0.2, 0.25) is 0 Å². The second kappa shape index (κ2) is 17.4. The summed E-state index contributed by atoms with van der Waals surface area (Å²) in [6.45, 7) is 35.5. The van der Waals surface area contributed by atoms with E-state index in [-0.39, 0.29) is 33.8 Å². The van der Waals surface area contributed by atoms with Crippen molar-refractivity contribution in [1.29, 1.82) is 0 Å². The van der Waals surface area contributed by atoms with Crippen LogP contribution in [0.4, 0.5) is 51.2 Å². The van der Waals surface area contributed by atoms with Crippen molar-refractivity contribution in [2.75, 3.05) is 14.7 Å². The third-order valence-corrected chi connectivity index (χ3v) is 17.0. The lowest BCUT2D eigenvalue weighted by atomic mass is 9.33. The summed E-state index contributed by atoms with van der Waals surface area (Å²) in [7, 11) is 0. The van der Waals surface area contributed by atoms with Gasteiger partial charge < -0.3 is 14.7 Å². The highest BCUT2D eigenvalue weighted by atomic mass is 15.2. The number of para-hydroxylation sites is 2. The number of hydrogen-bond acceptors (Lipinski definition) is 3. The summed E-state index contributed by atoms with van der Waals surface area (Å²) in [5.74, 6) is 0. The van der Waals surface area contributed by atoms with Crippen molar-refractivity contribution in [3.8, 4) is 11.1 Å². The molecule has 3 aliphatic rings. The van der Waals surface area contributed by atoms with Gasteiger partial charge >= 0.3 is 0 Å². The largest absolute Gasteiger partial charge is 0.311 e. The van der Waals surface area contributed by atoms with Gasteiger partial charge in [-0.3, -0.25) is 0 Å². The average Bonchev–Trinajstić information content (AvgIpc) is 3.40. The molecule has 0 saturated heterocycles. The maximum absolute atomic E-state index is 2.70. The zero-order valence-corrected chi connectivity index (χ0v) is 46.9. The van der Waals surface area contributed by atoms with E-state index in [1.807, 2.05) is 0 Å². The highest BCUT2D eigenvalue weighted by Crippen LogP contribution is 2.54. The number of rotatable bonds is 6. The van der Waals surface area contributed by atoms with Crippen LogP contribution in [0.3, 0.4) is 0 Å². The molecule has 0 radical (unpaired) electrons. The van der Waals surface area contributed by atoms with Gasteiger partial charge in [-0.2, -0.15) is 0 Å². The van der Waals surface area contributed by atoms with Gasteiger partial charge in [0.25, 0.3) is 6.71 Å². The molecule has 2 aliphatic heterocycles. The average molecular weight is 970 g/mol. The number of nitrogens with zero attached hydrogens (tertiary/aromatic N) is 3. The van der Waals surface area contributed by atoms with Crippen molar-refractivity contribution < 1.29 is 0 Å². The quantitative estimate of drug-likeness (QED) is 0.154. The van der Waals surface area contributed by atoms with E-state index in [1.165, 1.54) is 112 Å². The molecule has 11 rings (SSSR count). The van der Waals surface area contributed by atoms with Crippen LogP contribution < -0.4 is 31.1 Å². The molecule has 0 aromatic heterocycles.